The third-order valence-corrected chi connectivity index (χ3v) is 3.94. The molecule has 0 bridgehead atoms. The van der Waals surface area contributed by atoms with Crippen molar-refractivity contribution in [3.63, 3.8) is 0 Å². The van der Waals surface area contributed by atoms with Gasteiger partial charge in [0.15, 0.2) is 11.3 Å². The monoisotopic (exact) mass is 360 g/mol. The van der Waals surface area contributed by atoms with Crippen molar-refractivity contribution in [2.75, 3.05) is 0 Å². The van der Waals surface area contributed by atoms with Gasteiger partial charge >= 0.3 is 11.9 Å². The zero-order valence-corrected chi connectivity index (χ0v) is 13.8. The number of carboxylic acid groups (broad SMARTS) is 2. The Morgan fingerprint density at radius 3 is 2.30 bits per heavy atom. The first-order chi connectivity index (χ1) is 13.0. The Morgan fingerprint density at radius 1 is 0.889 bits per heavy atom. The standard InChI is InChI=1S/C20H12N2O5/c23-19(24)11-7-12(20(25)26)9-14(8-11)21-13-5-6-16-18(10-13)27-17-4-2-1-3-15(17)22-16/h1-10H,(H,23,24)(H,25,26). The molecule has 0 atom stereocenters. The Kier molecular flexibility index (Phi) is 3.89. The molecule has 2 aromatic rings. The van der Waals surface area contributed by atoms with Gasteiger partial charge in [0.1, 0.15) is 11.2 Å². The van der Waals surface area contributed by atoms with Crippen molar-refractivity contribution >= 4 is 28.7 Å². The number of hydrogen-bond acceptors (Lipinski definition) is 5. The van der Waals surface area contributed by atoms with Gasteiger partial charge < -0.3 is 14.6 Å². The highest BCUT2D eigenvalue weighted by molar-refractivity contribution is 5.95. The van der Waals surface area contributed by atoms with Crippen LogP contribution in [0.25, 0.3) is 22.6 Å². The van der Waals surface area contributed by atoms with Crippen LogP contribution in [0.4, 0.5) is 5.69 Å². The highest BCUT2D eigenvalue weighted by Crippen LogP contribution is 2.23. The molecule has 0 unspecified atom stereocenters. The van der Waals surface area contributed by atoms with Crippen LogP contribution >= 0.6 is 0 Å². The smallest absolute Gasteiger partial charge is 0.335 e. The van der Waals surface area contributed by atoms with Crippen LogP contribution in [-0.4, -0.2) is 27.1 Å². The summed E-state index contributed by atoms with van der Waals surface area (Å²) in [6.45, 7) is 0. The van der Waals surface area contributed by atoms with E-state index in [2.05, 4.69) is 9.98 Å². The number of carboxylic acids is 2. The summed E-state index contributed by atoms with van der Waals surface area (Å²) in [5.74, 6) is -1.93. The van der Waals surface area contributed by atoms with Crippen molar-refractivity contribution in [1.82, 2.24) is 4.98 Å². The molecular formula is C20H12N2O5. The van der Waals surface area contributed by atoms with Crippen molar-refractivity contribution < 1.29 is 24.2 Å². The van der Waals surface area contributed by atoms with E-state index >= 15 is 0 Å². The molecule has 1 heterocycles. The molecule has 0 aromatic heterocycles. The molecule has 0 spiro atoms. The lowest BCUT2D eigenvalue weighted by atomic mass is 10.1. The lowest BCUT2D eigenvalue weighted by Crippen LogP contribution is -2.04. The number of hydrogen-bond donors (Lipinski definition) is 2. The van der Waals surface area contributed by atoms with Gasteiger partial charge in [0.25, 0.3) is 0 Å². The molecule has 2 N–H and O–H groups in total. The van der Waals surface area contributed by atoms with Crippen molar-refractivity contribution in [2.24, 2.45) is 4.99 Å². The molecule has 27 heavy (non-hydrogen) atoms. The fraction of sp³-hybridized carbons (Fsp3) is 0. The molecule has 0 amide bonds. The second kappa shape index (κ2) is 6.38. The molecule has 7 heteroatoms. The molecule has 1 aliphatic heterocycles. The molecule has 1 aliphatic carbocycles. The Balaban J connectivity index is 1.88. The van der Waals surface area contributed by atoms with Crippen LogP contribution in [0.1, 0.15) is 20.7 Å². The number of benzene rings is 3. The van der Waals surface area contributed by atoms with Crippen LogP contribution in [0.3, 0.4) is 0 Å². The molecular weight excluding hydrogens is 348 g/mol. The van der Waals surface area contributed by atoms with Crippen molar-refractivity contribution in [3.8, 4) is 11.5 Å². The highest BCUT2D eigenvalue weighted by Gasteiger charge is 2.12. The summed E-state index contributed by atoms with van der Waals surface area (Å²) >= 11 is 0. The predicted octanol–water partition coefficient (Wildman–Crippen LogP) is 3.56. The zero-order valence-electron chi connectivity index (χ0n) is 13.8. The van der Waals surface area contributed by atoms with E-state index in [-0.39, 0.29) is 16.8 Å². The molecule has 0 radical (unpaired) electrons. The summed E-state index contributed by atoms with van der Waals surface area (Å²) in [6, 6.07) is 16.2. The second-order valence-electron chi connectivity index (χ2n) is 5.82. The van der Waals surface area contributed by atoms with Gasteiger partial charge in [0.2, 0.25) is 0 Å². The number of para-hydroxylation sites is 2. The van der Waals surface area contributed by atoms with Gasteiger partial charge in [-0.3, -0.25) is 0 Å². The van der Waals surface area contributed by atoms with E-state index in [4.69, 9.17) is 14.6 Å². The lowest BCUT2D eigenvalue weighted by Gasteiger charge is -2.06. The number of nitrogens with zero attached hydrogens (tertiary/aromatic N) is 2. The van der Waals surface area contributed by atoms with Gasteiger partial charge in [0, 0.05) is 6.07 Å². The number of carbonyl (C=O) groups is 2. The molecule has 0 saturated carbocycles. The third kappa shape index (κ3) is 3.25. The maximum Gasteiger partial charge on any atom is 0.335 e. The zero-order chi connectivity index (χ0) is 19.0. The third-order valence-electron chi connectivity index (χ3n) is 3.94. The summed E-state index contributed by atoms with van der Waals surface area (Å²) in [5.41, 5.74) is 1.94. The van der Waals surface area contributed by atoms with Crippen LogP contribution in [-0.2, 0) is 0 Å². The van der Waals surface area contributed by atoms with E-state index in [1.165, 1.54) is 12.1 Å². The average Bonchev–Trinajstić information content (AvgIpc) is 2.66. The molecule has 0 fully saturated rings. The van der Waals surface area contributed by atoms with Crippen molar-refractivity contribution in [2.45, 2.75) is 0 Å². The Hall–Kier alpha value is -4.00. The van der Waals surface area contributed by atoms with E-state index < -0.39 is 11.9 Å². The molecule has 2 aliphatic rings. The fourth-order valence-electron chi connectivity index (χ4n) is 2.70. The van der Waals surface area contributed by atoms with Crippen LogP contribution in [0.2, 0.25) is 0 Å². The molecule has 2 aromatic carbocycles. The molecule has 4 rings (SSSR count). The van der Waals surface area contributed by atoms with Crippen LogP contribution in [0.5, 0.6) is 0 Å². The molecule has 0 saturated heterocycles. The maximum absolute atomic E-state index is 11.2. The van der Waals surface area contributed by atoms with Gasteiger partial charge in [-0.25, -0.2) is 19.6 Å². The molecule has 7 nitrogen and oxygen atoms in total. The van der Waals surface area contributed by atoms with Gasteiger partial charge in [-0.05, 0) is 42.5 Å². The highest BCUT2D eigenvalue weighted by atomic mass is 16.4. The maximum atomic E-state index is 11.2. The number of fused-ring (bicyclic) bond motifs is 2. The first-order valence-electron chi connectivity index (χ1n) is 7.96. The number of aromatic nitrogens is 1. The van der Waals surface area contributed by atoms with Crippen LogP contribution < -0.4 is 5.36 Å². The summed E-state index contributed by atoms with van der Waals surface area (Å²) in [7, 11) is 0. The minimum atomic E-state index is -1.22. The van der Waals surface area contributed by atoms with E-state index in [1.807, 2.05) is 18.2 Å². The predicted molar refractivity (Wildman–Crippen MR) is 96.2 cm³/mol. The topological polar surface area (TPSA) is 113 Å². The summed E-state index contributed by atoms with van der Waals surface area (Å²) < 4.78 is 5.84. The van der Waals surface area contributed by atoms with E-state index in [1.54, 1.807) is 24.3 Å². The first-order valence-corrected chi connectivity index (χ1v) is 7.96. The number of aromatic carboxylic acids is 2. The van der Waals surface area contributed by atoms with Crippen LogP contribution in [0, 0.1) is 0 Å². The van der Waals surface area contributed by atoms with Gasteiger partial charge in [-0.15, -0.1) is 0 Å². The normalized spacial score (nSPS) is 11.8. The average molecular weight is 360 g/mol. The summed E-state index contributed by atoms with van der Waals surface area (Å²) in [4.78, 5) is 31.3. The fourth-order valence-corrected chi connectivity index (χ4v) is 2.70. The lowest BCUT2D eigenvalue weighted by molar-refractivity contribution is 0.0696. The Bertz CT molecular complexity index is 1210. The molecule has 132 valence electrons. The van der Waals surface area contributed by atoms with E-state index in [0.29, 0.717) is 22.4 Å². The minimum Gasteiger partial charge on any atom is -0.478 e. The van der Waals surface area contributed by atoms with Gasteiger partial charge in [-0.2, -0.15) is 0 Å². The Morgan fingerprint density at radius 2 is 1.59 bits per heavy atom. The first kappa shape index (κ1) is 16.5. The van der Waals surface area contributed by atoms with E-state index in [9.17, 15) is 9.59 Å². The second-order valence-corrected chi connectivity index (χ2v) is 5.82. The quantitative estimate of drug-likeness (QED) is 0.540. The van der Waals surface area contributed by atoms with Crippen molar-refractivity contribution in [1.29, 1.82) is 0 Å². The number of rotatable bonds is 3. The van der Waals surface area contributed by atoms with Crippen molar-refractivity contribution in [3.05, 3.63) is 77.1 Å². The summed E-state index contributed by atoms with van der Waals surface area (Å²) in [6.07, 6.45) is 0. The largest absolute Gasteiger partial charge is 0.478 e. The van der Waals surface area contributed by atoms with Crippen LogP contribution in [0.15, 0.2) is 70.1 Å². The van der Waals surface area contributed by atoms with Gasteiger partial charge in [-0.1, -0.05) is 12.1 Å². The van der Waals surface area contributed by atoms with Gasteiger partial charge in [0.05, 0.1) is 22.2 Å². The summed E-state index contributed by atoms with van der Waals surface area (Å²) in [5, 5.41) is 18.8. The Labute approximate surface area is 152 Å². The minimum absolute atomic E-state index is 0.146. The SMILES string of the molecule is O=C(O)c1cc(N=c2ccc3nc4ccccc4oc-3c2)cc(C(=O)O)c1. The van der Waals surface area contributed by atoms with E-state index in [0.717, 1.165) is 11.6 Å².